The minimum absolute atomic E-state index is 0.138. The number of aliphatic hydroxyl groups is 1. The zero-order valence-electron chi connectivity index (χ0n) is 16.5. The zero-order chi connectivity index (χ0) is 20.7. The van der Waals surface area contributed by atoms with Gasteiger partial charge in [-0.05, 0) is 29.9 Å². The van der Waals surface area contributed by atoms with Crippen LogP contribution in [0.15, 0.2) is 42.4 Å². The Hall–Kier alpha value is -3.04. The van der Waals surface area contributed by atoms with E-state index >= 15 is 0 Å². The summed E-state index contributed by atoms with van der Waals surface area (Å²) in [4.78, 5) is 17.9. The van der Waals surface area contributed by atoms with Crippen molar-refractivity contribution in [2.45, 2.75) is 37.8 Å². The van der Waals surface area contributed by atoms with E-state index < -0.39 is 6.10 Å². The van der Waals surface area contributed by atoms with Crippen molar-refractivity contribution in [3.05, 3.63) is 47.3 Å². The lowest BCUT2D eigenvalue weighted by Crippen LogP contribution is -2.44. The molecule has 1 aliphatic rings. The third-order valence-electron chi connectivity index (χ3n) is 5.57. The average molecular weight is 423 g/mol. The van der Waals surface area contributed by atoms with Crippen molar-refractivity contribution in [3.63, 3.8) is 0 Å². The summed E-state index contributed by atoms with van der Waals surface area (Å²) in [7, 11) is 1.88. The molecule has 0 radical (unpaired) electrons. The molecule has 154 valence electrons. The van der Waals surface area contributed by atoms with Crippen molar-refractivity contribution >= 4 is 22.9 Å². The molecular formula is C21H22N6O2S. The molecule has 0 aliphatic heterocycles. The van der Waals surface area contributed by atoms with Crippen LogP contribution < -0.4 is 5.32 Å². The van der Waals surface area contributed by atoms with Crippen LogP contribution in [0.5, 0.6) is 0 Å². The van der Waals surface area contributed by atoms with Crippen molar-refractivity contribution in [2.75, 3.05) is 0 Å². The molecule has 1 amide bonds. The normalized spacial score (nSPS) is 19.3. The summed E-state index contributed by atoms with van der Waals surface area (Å²) < 4.78 is 3.49. The van der Waals surface area contributed by atoms with Crippen LogP contribution in [0.25, 0.3) is 27.9 Å². The molecule has 2 N–H and O–H groups in total. The van der Waals surface area contributed by atoms with Crippen molar-refractivity contribution < 1.29 is 9.90 Å². The smallest absolute Gasteiger partial charge is 0.261 e. The van der Waals surface area contributed by atoms with Crippen LogP contribution in [-0.2, 0) is 7.05 Å². The summed E-state index contributed by atoms with van der Waals surface area (Å²) in [5, 5.41) is 23.7. The summed E-state index contributed by atoms with van der Waals surface area (Å²) in [6, 6.07) is 1.70. The third-order valence-corrected chi connectivity index (χ3v) is 6.50. The van der Waals surface area contributed by atoms with Crippen molar-refractivity contribution in [1.82, 2.24) is 29.7 Å². The number of aryl methyl sites for hydroxylation is 1. The Morgan fingerprint density at radius 3 is 2.77 bits per heavy atom. The van der Waals surface area contributed by atoms with Gasteiger partial charge in [-0.25, -0.2) is 9.50 Å². The number of rotatable bonds is 4. The fourth-order valence-corrected chi connectivity index (χ4v) is 4.72. The van der Waals surface area contributed by atoms with Crippen LogP contribution in [0.3, 0.4) is 0 Å². The molecule has 1 aliphatic carbocycles. The van der Waals surface area contributed by atoms with Crippen LogP contribution in [0.1, 0.15) is 35.4 Å². The molecule has 4 heterocycles. The molecule has 4 aromatic rings. The Balaban J connectivity index is 1.38. The SMILES string of the molecule is Cn1cc(-c2cnc3c(-c4csc(C(=O)N[C@@H]5CCCC[C@H]5O)c4)cnn3c2)cn1. The third kappa shape index (κ3) is 3.50. The molecule has 0 unspecified atom stereocenters. The maximum absolute atomic E-state index is 12.7. The lowest BCUT2D eigenvalue weighted by Gasteiger charge is -2.28. The highest BCUT2D eigenvalue weighted by Crippen LogP contribution is 2.29. The standard InChI is InChI=1S/C21H22N6O2S/c1-26-10-15(8-23-26)14-7-22-20-16(9-24-27(20)11-14)13-6-19(30-12-13)21(29)25-17-4-2-3-5-18(17)28/h6-12,17-18,28H,2-5H2,1H3,(H,25,29)/t17-,18-/m1/s1. The number of fused-ring (bicyclic) bond motifs is 1. The molecule has 8 nitrogen and oxygen atoms in total. The second-order valence-corrected chi connectivity index (χ2v) is 8.61. The fraction of sp³-hybridized carbons (Fsp3) is 0.333. The van der Waals surface area contributed by atoms with Crippen molar-refractivity contribution in [3.8, 4) is 22.3 Å². The van der Waals surface area contributed by atoms with E-state index in [1.54, 1.807) is 21.6 Å². The number of aliphatic hydroxyl groups excluding tert-OH is 1. The Kier molecular flexibility index (Phi) is 4.84. The van der Waals surface area contributed by atoms with Gasteiger partial charge >= 0.3 is 0 Å². The van der Waals surface area contributed by atoms with E-state index in [9.17, 15) is 9.90 Å². The first-order chi connectivity index (χ1) is 14.6. The lowest BCUT2D eigenvalue weighted by atomic mass is 9.92. The predicted octanol–water partition coefficient (Wildman–Crippen LogP) is 2.89. The van der Waals surface area contributed by atoms with Crippen LogP contribution in [0.4, 0.5) is 0 Å². The molecule has 9 heteroatoms. The number of amides is 1. The van der Waals surface area contributed by atoms with Gasteiger partial charge in [-0.3, -0.25) is 9.48 Å². The topological polar surface area (TPSA) is 97.3 Å². The van der Waals surface area contributed by atoms with Gasteiger partial charge < -0.3 is 10.4 Å². The maximum atomic E-state index is 12.7. The van der Waals surface area contributed by atoms with E-state index in [0.29, 0.717) is 4.88 Å². The van der Waals surface area contributed by atoms with Crippen molar-refractivity contribution in [1.29, 1.82) is 0 Å². The first-order valence-electron chi connectivity index (χ1n) is 9.99. The number of hydrogen-bond donors (Lipinski definition) is 2. The monoisotopic (exact) mass is 422 g/mol. The highest BCUT2D eigenvalue weighted by Gasteiger charge is 2.25. The van der Waals surface area contributed by atoms with Gasteiger partial charge in [0.1, 0.15) is 0 Å². The van der Waals surface area contributed by atoms with E-state index in [1.807, 2.05) is 37.1 Å². The fourth-order valence-electron chi connectivity index (χ4n) is 3.91. The molecule has 0 bridgehead atoms. The van der Waals surface area contributed by atoms with E-state index in [1.165, 1.54) is 11.3 Å². The van der Waals surface area contributed by atoms with Gasteiger partial charge in [0, 0.05) is 42.3 Å². The summed E-state index contributed by atoms with van der Waals surface area (Å²) in [6.07, 6.45) is 12.4. The van der Waals surface area contributed by atoms with Gasteiger partial charge in [0.25, 0.3) is 5.91 Å². The minimum atomic E-state index is -0.458. The molecule has 1 fully saturated rings. The molecule has 30 heavy (non-hydrogen) atoms. The second kappa shape index (κ2) is 7.66. The largest absolute Gasteiger partial charge is 0.391 e. The Morgan fingerprint density at radius 1 is 1.13 bits per heavy atom. The molecule has 0 saturated heterocycles. The first kappa shape index (κ1) is 19.0. The summed E-state index contributed by atoms with van der Waals surface area (Å²) in [5.74, 6) is -0.138. The van der Waals surface area contributed by atoms with Crippen LogP contribution in [0.2, 0.25) is 0 Å². The first-order valence-corrected chi connectivity index (χ1v) is 10.9. The Morgan fingerprint density at radius 2 is 1.97 bits per heavy atom. The molecule has 4 aromatic heterocycles. The van der Waals surface area contributed by atoms with Crippen LogP contribution in [0, 0.1) is 0 Å². The quantitative estimate of drug-likeness (QED) is 0.527. The van der Waals surface area contributed by atoms with Crippen molar-refractivity contribution in [2.24, 2.45) is 7.05 Å². The number of aromatic nitrogens is 5. The Labute approximate surface area is 177 Å². The molecule has 5 rings (SSSR count). The molecule has 1 saturated carbocycles. The number of nitrogens with zero attached hydrogens (tertiary/aromatic N) is 5. The number of hydrogen-bond acceptors (Lipinski definition) is 6. The summed E-state index contributed by atoms with van der Waals surface area (Å²) in [5.41, 5.74) is 4.42. The summed E-state index contributed by atoms with van der Waals surface area (Å²) >= 11 is 1.39. The average Bonchev–Trinajstić information content (AvgIpc) is 3.48. The molecule has 2 atom stereocenters. The van der Waals surface area contributed by atoms with E-state index in [4.69, 9.17) is 0 Å². The predicted molar refractivity (Wildman–Crippen MR) is 114 cm³/mol. The lowest BCUT2D eigenvalue weighted by molar-refractivity contribution is 0.0720. The van der Waals surface area contributed by atoms with Gasteiger partial charge in [0.05, 0.1) is 29.4 Å². The Bertz CT molecular complexity index is 1210. The van der Waals surface area contributed by atoms with Crippen LogP contribution >= 0.6 is 11.3 Å². The number of carbonyl (C=O) groups is 1. The molecule has 0 spiro atoms. The highest BCUT2D eigenvalue weighted by atomic mass is 32.1. The van der Waals surface area contributed by atoms with E-state index in [-0.39, 0.29) is 11.9 Å². The summed E-state index contributed by atoms with van der Waals surface area (Å²) in [6.45, 7) is 0. The van der Waals surface area contributed by atoms with Gasteiger partial charge in [-0.2, -0.15) is 10.2 Å². The zero-order valence-corrected chi connectivity index (χ0v) is 17.3. The number of carbonyl (C=O) groups excluding carboxylic acids is 1. The number of nitrogens with one attached hydrogen (secondary N) is 1. The van der Waals surface area contributed by atoms with Gasteiger partial charge in [-0.1, -0.05) is 12.8 Å². The number of thiophene rings is 1. The second-order valence-electron chi connectivity index (χ2n) is 7.70. The molecule has 0 aromatic carbocycles. The van der Waals surface area contributed by atoms with Gasteiger partial charge in [0.2, 0.25) is 0 Å². The van der Waals surface area contributed by atoms with E-state index in [0.717, 1.165) is 53.6 Å². The van der Waals surface area contributed by atoms with Gasteiger partial charge in [0.15, 0.2) is 5.65 Å². The highest BCUT2D eigenvalue weighted by molar-refractivity contribution is 7.12. The van der Waals surface area contributed by atoms with Gasteiger partial charge in [-0.15, -0.1) is 11.3 Å². The molecular weight excluding hydrogens is 400 g/mol. The minimum Gasteiger partial charge on any atom is -0.391 e. The van der Waals surface area contributed by atoms with Crippen LogP contribution in [-0.4, -0.2) is 47.5 Å². The van der Waals surface area contributed by atoms with E-state index in [2.05, 4.69) is 20.5 Å². The maximum Gasteiger partial charge on any atom is 0.261 e.